The van der Waals surface area contributed by atoms with Crippen LogP contribution in [0.5, 0.6) is 0 Å². The normalized spacial score (nSPS) is 24.6. The molecular weight excluding hydrogens is 312 g/mol. The summed E-state index contributed by atoms with van der Waals surface area (Å²) in [5.41, 5.74) is 1.01. The predicted molar refractivity (Wildman–Crippen MR) is 101 cm³/mol. The van der Waals surface area contributed by atoms with Gasteiger partial charge in [0.25, 0.3) is 0 Å². The van der Waals surface area contributed by atoms with E-state index in [1.807, 2.05) is 30.3 Å². The summed E-state index contributed by atoms with van der Waals surface area (Å²) in [5.74, 6) is 1.70. The molecule has 0 heterocycles. The van der Waals surface area contributed by atoms with Gasteiger partial charge < -0.3 is 10.6 Å². The molecule has 2 amide bonds. The Morgan fingerprint density at radius 1 is 1.16 bits per heavy atom. The Morgan fingerprint density at radius 2 is 1.84 bits per heavy atom. The maximum atomic E-state index is 12.9. The Kier molecular flexibility index (Phi) is 7.03. The summed E-state index contributed by atoms with van der Waals surface area (Å²) in [6.45, 7) is 8.60. The number of rotatable bonds is 6. The van der Waals surface area contributed by atoms with E-state index in [9.17, 15) is 9.59 Å². The molecule has 4 atom stereocenters. The average molecular weight is 344 g/mol. The standard InChI is InChI=1S/C21H32N2O2/c1-14(2)18-11-10-15(3)12-19(18)21(25)22-13-20(23-16(4)24)17-8-6-5-7-9-17/h5-9,14-15,18-20H,10-13H2,1-4H3,(H,22,25)(H,23,24)/t15-,18+,19-,20-/m1/s1. The molecule has 0 spiro atoms. The Bertz CT molecular complexity index is 571. The van der Waals surface area contributed by atoms with E-state index in [4.69, 9.17) is 0 Å². The van der Waals surface area contributed by atoms with E-state index in [2.05, 4.69) is 31.4 Å². The van der Waals surface area contributed by atoms with E-state index < -0.39 is 0 Å². The summed E-state index contributed by atoms with van der Waals surface area (Å²) in [7, 11) is 0. The Morgan fingerprint density at radius 3 is 2.44 bits per heavy atom. The van der Waals surface area contributed by atoms with Gasteiger partial charge in [-0.1, -0.05) is 57.5 Å². The minimum Gasteiger partial charge on any atom is -0.353 e. The zero-order valence-electron chi connectivity index (χ0n) is 15.9. The topological polar surface area (TPSA) is 58.2 Å². The minimum atomic E-state index is -0.193. The second-order valence-electron chi connectivity index (χ2n) is 7.84. The fraction of sp³-hybridized carbons (Fsp3) is 0.619. The molecule has 0 saturated heterocycles. The third-order valence-corrected chi connectivity index (χ3v) is 5.42. The van der Waals surface area contributed by atoms with Crippen LogP contribution in [0.15, 0.2) is 30.3 Å². The van der Waals surface area contributed by atoms with Crippen LogP contribution in [-0.2, 0) is 9.59 Å². The number of amides is 2. The van der Waals surface area contributed by atoms with Crippen molar-refractivity contribution in [2.24, 2.45) is 23.7 Å². The molecule has 25 heavy (non-hydrogen) atoms. The van der Waals surface area contributed by atoms with Gasteiger partial charge in [-0.05, 0) is 36.2 Å². The molecule has 0 aliphatic heterocycles. The number of carbonyl (C=O) groups excluding carboxylic acids is 2. The van der Waals surface area contributed by atoms with E-state index >= 15 is 0 Å². The first-order valence-corrected chi connectivity index (χ1v) is 9.48. The van der Waals surface area contributed by atoms with Crippen molar-refractivity contribution >= 4 is 11.8 Å². The molecular formula is C21H32N2O2. The highest BCUT2D eigenvalue weighted by Crippen LogP contribution is 2.38. The third kappa shape index (κ3) is 5.58. The van der Waals surface area contributed by atoms with Gasteiger partial charge in [-0.15, -0.1) is 0 Å². The summed E-state index contributed by atoms with van der Waals surface area (Å²) >= 11 is 0. The van der Waals surface area contributed by atoms with Gasteiger partial charge in [0.2, 0.25) is 11.8 Å². The molecule has 2 N–H and O–H groups in total. The van der Waals surface area contributed by atoms with E-state index in [0.29, 0.717) is 24.3 Å². The van der Waals surface area contributed by atoms with E-state index in [1.165, 1.54) is 13.3 Å². The molecule has 1 aromatic carbocycles. The number of nitrogens with one attached hydrogen (secondary N) is 2. The summed E-state index contributed by atoms with van der Waals surface area (Å²) in [6.07, 6.45) is 3.31. The molecule has 0 unspecified atom stereocenters. The molecule has 2 rings (SSSR count). The largest absolute Gasteiger partial charge is 0.353 e. The molecule has 0 bridgehead atoms. The maximum Gasteiger partial charge on any atom is 0.223 e. The van der Waals surface area contributed by atoms with Crippen molar-refractivity contribution in [2.75, 3.05) is 6.54 Å². The van der Waals surface area contributed by atoms with Gasteiger partial charge in [0.05, 0.1) is 6.04 Å². The maximum absolute atomic E-state index is 12.9. The van der Waals surface area contributed by atoms with Crippen molar-refractivity contribution in [1.82, 2.24) is 10.6 Å². The number of benzene rings is 1. The zero-order valence-corrected chi connectivity index (χ0v) is 15.9. The molecule has 138 valence electrons. The molecule has 0 radical (unpaired) electrons. The van der Waals surface area contributed by atoms with Crippen LogP contribution in [-0.4, -0.2) is 18.4 Å². The van der Waals surface area contributed by atoms with Gasteiger partial charge in [-0.2, -0.15) is 0 Å². The molecule has 1 aliphatic carbocycles. The number of hydrogen-bond donors (Lipinski definition) is 2. The van der Waals surface area contributed by atoms with Crippen LogP contribution < -0.4 is 10.6 Å². The summed E-state index contributed by atoms with van der Waals surface area (Å²) < 4.78 is 0. The van der Waals surface area contributed by atoms with Crippen molar-refractivity contribution in [2.45, 2.75) is 53.0 Å². The van der Waals surface area contributed by atoms with Crippen LogP contribution >= 0.6 is 0 Å². The van der Waals surface area contributed by atoms with Gasteiger partial charge >= 0.3 is 0 Å². The Balaban J connectivity index is 2.03. The second-order valence-corrected chi connectivity index (χ2v) is 7.84. The lowest BCUT2D eigenvalue weighted by atomic mass is 9.70. The molecule has 1 aromatic rings. The highest BCUT2D eigenvalue weighted by molar-refractivity contribution is 5.79. The van der Waals surface area contributed by atoms with Crippen molar-refractivity contribution in [3.63, 3.8) is 0 Å². The smallest absolute Gasteiger partial charge is 0.223 e. The van der Waals surface area contributed by atoms with Gasteiger partial charge in [0, 0.05) is 19.4 Å². The molecule has 4 nitrogen and oxygen atoms in total. The van der Waals surface area contributed by atoms with Crippen LogP contribution in [0.4, 0.5) is 0 Å². The number of hydrogen-bond acceptors (Lipinski definition) is 2. The van der Waals surface area contributed by atoms with Crippen molar-refractivity contribution in [3.8, 4) is 0 Å². The van der Waals surface area contributed by atoms with E-state index in [1.54, 1.807) is 0 Å². The summed E-state index contributed by atoms with van der Waals surface area (Å²) in [6, 6.07) is 9.61. The predicted octanol–water partition coefficient (Wildman–Crippen LogP) is 3.69. The van der Waals surface area contributed by atoms with Gasteiger partial charge in [0.15, 0.2) is 0 Å². The van der Waals surface area contributed by atoms with Crippen molar-refractivity contribution < 1.29 is 9.59 Å². The molecule has 1 saturated carbocycles. The Labute approximate surface area is 151 Å². The highest BCUT2D eigenvalue weighted by atomic mass is 16.2. The van der Waals surface area contributed by atoms with Crippen molar-refractivity contribution in [3.05, 3.63) is 35.9 Å². The molecule has 0 aromatic heterocycles. The quantitative estimate of drug-likeness (QED) is 0.827. The second kappa shape index (κ2) is 9.02. The van der Waals surface area contributed by atoms with Crippen LogP contribution in [0.25, 0.3) is 0 Å². The monoisotopic (exact) mass is 344 g/mol. The molecule has 1 fully saturated rings. The molecule has 1 aliphatic rings. The van der Waals surface area contributed by atoms with Gasteiger partial charge in [0.1, 0.15) is 0 Å². The van der Waals surface area contributed by atoms with E-state index in [-0.39, 0.29) is 23.8 Å². The van der Waals surface area contributed by atoms with Crippen LogP contribution in [0.1, 0.15) is 58.6 Å². The minimum absolute atomic E-state index is 0.0810. The highest BCUT2D eigenvalue weighted by Gasteiger charge is 2.35. The van der Waals surface area contributed by atoms with Crippen LogP contribution in [0.2, 0.25) is 0 Å². The van der Waals surface area contributed by atoms with Gasteiger partial charge in [-0.3, -0.25) is 9.59 Å². The first kappa shape index (κ1) is 19.5. The van der Waals surface area contributed by atoms with Crippen LogP contribution in [0.3, 0.4) is 0 Å². The van der Waals surface area contributed by atoms with E-state index in [0.717, 1.165) is 18.4 Å². The lowest BCUT2D eigenvalue weighted by molar-refractivity contribution is -0.129. The fourth-order valence-corrected chi connectivity index (χ4v) is 4.02. The lowest BCUT2D eigenvalue weighted by Crippen LogP contribution is -2.43. The molecule has 4 heteroatoms. The first-order valence-electron chi connectivity index (χ1n) is 9.48. The summed E-state index contributed by atoms with van der Waals surface area (Å²) in [5, 5.41) is 6.05. The van der Waals surface area contributed by atoms with Crippen LogP contribution in [0, 0.1) is 23.7 Å². The average Bonchev–Trinajstić information content (AvgIpc) is 2.58. The summed E-state index contributed by atoms with van der Waals surface area (Å²) in [4.78, 5) is 24.4. The zero-order chi connectivity index (χ0) is 18.4. The Hall–Kier alpha value is -1.84. The number of carbonyl (C=O) groups is 2. The third-order valence-electron chi connectivity index (χ3n) is 5.42. The first-order chi connectivity index (χ1) is 11.9. The van der Waals surface area contributed by atoms with Crippen molar-refractivity contribution in [1.29, 1.82) is 0 Å². The SMILES string of the molecule is CC(=O)N[C@H](CNC(=O)[C@@H]1C[C@H](C)CC[C@H]1C(C)C)c1ccccc1. The lowest BCUT2D eigenvalue weighted by Gasteiger charge is -2.36. The fourth-order valence-electron chi connectivity index (χ4n) is 4.02. The van der Waals surface area contributed by atoms with Gasteiger partial charge in [-0.25, -0.2) is 0 Å².